The first-order valence-electron chi connectivity index (χ1n) is 7.08. The second-order valence-electron chi connectivity index (χ2n) is 4.86. The molecular weight excluding hydrogens is 296 g/mol. The number of rotatable bonds is 6. The van der Waals surface area contributed by atoms with E-state index < -0.39 is 18.0 Å². The maximum atomic E-state index is 11.5. The Bertz CT molecular complexity index is 656. The molecule has 0 aromatic heterocycles. The van der Waals surface area contributed by atoms with E-state index in [-0.39, 0.29) is 0 Å². The molecule has 0 radical (unpaired) electrons. The van der Waals surface area contributed by atoms with Gasteiger partial charge in [0.25, 0.3) is 5.91 Å². The lowest BCUT2D eigenvalue weighted by atomic mass is 10.2. The summed E-state index contributed by atoms with van der Waals surface area (Å²) >= 11 is 0. The highest BCUT2D eigenvalue weighted by Gasteiger charge is 2.15. The van der Waals surface area contributed by atoms with Gasteiger partial charge in [-0.15, -0.1) is 0 Å². The monoisotopic (exact) mass is 314 g/mol. The summed E-state index contributed by atoms with van der Waals surface area (Å²) in [7, 11) is 0. The van der Waals surface area contributed by atoms with Crippen LogP contribution in [0.4, 0.5) is 4.79 Å². The summed E-state index contributed by atoms with van der Waals surface area (Å²) in [6.07, 6.45) is -0.835. The molecule has 6 heteroatoms. The highest BCUT2D eigenvalue weighted by molar-refractivity contribution is 5.95. The molecule has 0 bridgehead atoms. The average Bonchev–Trinajstić information content (AvgIpc) is 2.54. The molecule has 0 heterocycles. The zero-order valence-electron chi connectivity index (χ0n) is 12.7. The summed E-state index contributed by atoms with van der Waals surface area (Å²) in [5.41, 5.74) is 5.96. The van der Waals surface area contributed by atoms with E-state index in [2.05, 4.69) is 0 Å². The first kappa shape index (κ1) is 16.4. The molecule has 0 spiro atoms. The number of benzene rings is 2. The summed E-state index contributed by atoms with van der Waals surface area (Å²) in [5.74, 6) is 0.585. The van der Waals surface area contributed by atoms with E-state index >= 15 is 0 Å². The van der Waals surface area contributed by atoms with Crippen molar-refractivity contribution in [3.63, 3.8) is 0 Å². The minimum absolute atomic E-state index is 0.471. The number of primary amides is 1. The van der Waals surface area contributed by atoms with Crippen LogP contribution in [0.25, 0.3) is 0 Å². The van der Waals surface area contributed by atoms with Crippen molar-refractivity contribution in [3.8, 4) is 11.5 Å². The molecule has 120 valence electrons. The molecule has 2 rings (SSSR count). The number of nitrogens with two attached hydrogens (primary N) is 1. The fourth-order valence-electron chi connectivity index (χ4n) is 1.84. The smallest absolute Gasteiger partial charge is 0.318 e. The van der Waals surface area contributed by atoms with Gasteiger partial charge in [-0.3, -0.25) is 10.1 Å². The van der Waals surface area contributed by atoms with Gasteiger partial charge in [0.15, 0.2) is 6.10 Å². The highest BCUT2D eigenvalue weighted by Crippen LogP contribution is 2.19. The SMILES string of the molecule is C[C@@H](Oc1ccc(OCc2ccccc2)cc1)C(=O)NC(N)=O. The molecule has 3 N–H and O–H groups in total. The third-order valence-electron chi connectivity index (χ3n) is 3.00. The van der Waals surface area contributed by atoms with Crippen molar-refractivity contribution in [1.82, 2.24) is 5.32 Å². The third-order valence-corrected chi connectivity index (χ3v) is 3.00. The van der Waals surface area contributed by atoms with Crippen LogP contribution in [0.3, 0.4) is 0 Å². The summed E-state index contributed by atoms with van der Waals surface area (Å²) in [6.45, 7) is 2.00. The Kier molecular flexibility index (Phi) is 5.57. The van der Waals surface area contributed by atoms with Crippen LogP contribution in [0.5, 0.6) is 11.5 Å². The number of carbonyl (C=O) groups is 2. The van der Waals surface area contributed by atoms with Crippen LogP contribution in [0, 0.1) is 0 Å². The molecule has 0 unspecified atom stereocenters. The fourth-order valence-corrected chi connectivity index (χ4v) is 1.84. The second-order valence-corrected chi connectivity index (χ2v) is 4.86. The predicted octanol–water partition coefficient (Wildman–Crippen LogP) is 2.23. The van der Waals surface area contributed by atoms with Gasteiger partial charge in [-0.25, -0.2) is 4.79 Å². The van der Waals surface area contributed by atoms with Gasteiger partial charge in [0.1, 0.15) is 18.1 Å². The minimum Gasteiger partial charge on any atom is -0.489 e. The predicted molar refractivity (Wildman–Crippen MR) is 85.0 cm³/mol. The van der Waals surface area contributed by atoms with Gasteiger partial charge in [0.2, 0.25) is 0 Å². The van der Waals surface area contributed by atoms with Crippen molar-refractivity contribution in [2.75, 3.05) is 0 Å². The van der Waals surface area contributed by atoms with Crippen molar-refractivity contribution in [2.24, 2.45) is 5.73 Å². The Morgan fingerprint density at radius 1 is 1.04 bits per heavy atom. The molecule has 6 nitrogen and oxygen atoms in total. The number of hydrogen-bond donors (Lipinski definition) is 2. The van der Waals surface area contributed by atoms with Crippen LogP contribution >= 0.6 is 0 Å². The van der Waals surface area contributed by atoms with Crippen molar-refractivity contribution in [3.05, 3.63) is 60.2 Å². The van der Waals surface area contributed by atoms with Gasteiger partial charge >= 0.3 is 6.03 Å². The van der Waals surface area contributed by atoms with E-state index in [1.807, 2.05) is 35.6 Å². The van der Waals surface area contributed by atoms with Gasteiger partial charge in [0.05, 0.1) is 0 Å². The van der Waals surface area contributed by atoms with Gasteiger partial charge in [-0.2, -0.15) is 0 Å². The Morgan fingerprint density at radius 2 is 1.65 bits per heavy atom. The Morgan fingerprint density at radius 3 is 2.26 bits per heavy atom. The van der Waals surface area contributed by atoms with Crippen molar-refractivity contribution >= 4 is 11.9 Å². The summed E-state index contributed by atoms with van der Waals surface area (Å²) < 4.78 is 11.1. The average molecular weight is 314 g/mol. The minimum atomic E-state index is -0.907. The number of carbonyl (C=O) groups excluding carboxylic acids is 2. The lowest BCUT2D eigenvalue weighted by Crippen LogP contribution is -2.42. The van der Waals surface area contributed by atoms with Crippen molar-refractivity contribution in [2.45, 2.75) is 19.6 Å². The van der Waals surface area contributed by atoms with Crippen LogP contribution in [0.2, 0.25) is 0 Å². The van der Waals surface area contributed by atoms with Gasteiger partial charge in [-0.05, 0) is 36.8 Å². The largest absolute Gasteiger partial charge is 0.489 e. The number of amides is 3. The fraction of sp³-hybridized carbons (Fsp3) is 0.176. The molecule has 0 aliphatic carbocycles. The molecule has 0 saturated heterocycles. The number of urea groups is 1. The molecule has 0 fully saturated rings. The van der Waals surface area contributed by atoms with Crippen LogP contribution < -0.4 is 20.5 Å². The molecule has 1 atom stereocenters. The van der Waals surface area contributed by atoms with Crippen LogP contribution in [0.15, 0.2) is 54.6 Å². The summed E-state index contributed by atoms with van der Waals surface area (Å²) in [6, 6.07) is 15.8. The Balaban J connectivity index is 1.86. The van der Waals surface area contributed by atoms with Crippen molar-refractivity contribution in [1.29, 1.82) is 0 Å². The maximum Gasteiger partial charge on any atom is 0.318 e. The molecule has 0 aliphatic heterocycles. The number of ether oxygens (including phenoxy) is 2. The van der Waals surface area contributed by atoms with E-state index in [1.165, 1.54) is 6.92 Å². The lowest BCUT2D eigenvalue weighted by molar-refractivity contribution is -0.126. The molecule has 23 heavy (non-hydrogen) atoms. The molecule has 0 aliphatic rings. The van der Waals surface area contributed by atoms with Crippen molar-refractivity contribution < 1.29 is 19.1 Å². The van der Waals surface area contributed by atoms with E-state index in [0.717, 1.165) is 5.56 Å². The number of nitrogens with one attached hydrogen (secondary N) is 1. The van der Waals surface area contributed by atoms with Gasteiger partial charge in [-0.1, -0.05) is 30.3 Å². The molecule has 0 saturated carbocycles. The highest BCUT2D eigenvalue weighted by atomic mass is 16.5. The van der Waals surface area contributed by atoms with Crippen LogP contribution in [-0.2, 0) is 11.4 Å². The van der Waals surface area contributed by atoms with Gasteiger partial charge < -0.3 is 15.2 Å². The molecule has 2 aromatic rings. The quantitative estimate of drug-likeness (QED) is 0.855. The first-order valence-corrected chi connectivity index (χ1v) is 7.08. The maximum absolute atomic E-state index is 11.5. The summed E-state index contributed by atoms with van der Waals surface area (Å²) in [4.78, 5) is 22.1. The number of hydrogen-bond acceptors (Lipinski definition) is 4. The molecule has 2 aromatic carbocycles. The lowest BCUT2D eigenvalue weighted by Gasteiger charge is -2.14. The van der Waals surface area contributed by atoms with Crippen LogP contribution in [0.1, 0.15) is 12.5 Å². The first-order chi connectivity index (χ1) is 11.0. The second kappa shape index (κ2) is 7.84. The van der Waals surface area contributed by atoms with E-state index in [9.17, 15) is 9.59 Å². The Hall–Kier alpha value is -3.02. The molecular formula is C17H18N2O4. The summed E-state index contributed by atoms with van der Waals surface area (Å²) in [5, 5.41) is 1.96. The Labute approximate surface area is 134 Å². The molecule has 3 amide bonds. The topological polar surface area (TPSA) is 90.7 Å². The van der Waals surface area contributed by atoms with Crippen LogP contribution in [-0.4, -0.2) is 18.0 Å². The zero-order chi connectivity index (χ0) is 16.7. The zero-order valence-corrected chi connectivity index (χ0v) is 12.7. The standard InChI is InChI=1S/C17H18N2O4/c1-12(16(20)19-17(18)21)23-15-9-7-14(8-10-15)22-11-13-5-3-2-4-6-13/h2-10,12H,11H2,1H3,(H3,18,19,20,21)/t12-/m1/s1. The van der Waals surface area contributed by atoms with Gasteiger partial charge in [0, 0.05) is 0 Å². The van der Waals surface area contributed by atoms with E-state index in [1.54, 1.807) is 24.3 Å². The normalized spacial score (nSPS) is 11.3. The van der Waals surface area contributed by atoms with E-state index in [4.69, 9.17) is 15.2 Å². The third kappa shape index (κ3) is 5.35. The van der Waals surface area contributed by atoms with E-state index in [0.29, 0.717) is 18.1 Å². The number of imide groups is 1.